The number of nitro benzene ring substituents is 1. The van der Waals surface area contributed by atoms with Crippen molar-refractivity contribution < 1.29 is 9.72 Å². The van der Waals surface area contributed by atoms with Crippen LogP contribution in [0.4, 0.5) is 17.3 Å². The molecule has 1 aromatic heterocycles. The van der Waals surface area contributed by atoms with Gasteiger partial charge in [0.2, 0.25) is 0 Å². The molecule has 1 aromatic carbocycles. The minimum atomic E-state index is -0.852. The fourth-order valence-electron chi connectivity index (χ4n) is 1.98. The van der Waals surface area contributed by atoms with Crippen molar-refractivity contribution in [2.75, 3.05) is 17.6 Å². The fraction of sp³-hybridized carbons (Fsp3) is 0.143. The van der Waals surface area contributed by atoms with Crippen molar-refractivity contribution in [1.82, 2.24) is 9.97 Å². The standard InChI is InChI=1S/C14H15ClN8O3/c15-10-12(21-11(16)9(20-10)13(24)22-14(17)18)19-6-5-7-1-3-8(4-2-7)23(25)26/h1-4H,5-6H2,(H3,16,19,21)(H4,17,18,22,24). The molecule has 0 aliphatic carbocycles. The normalized spacial score (nSPS) is 10.2. The number of nitrogens with one attached hydrogen (secondary N) is 1. The predicted molar refractivity (Wildman–Crippen MR) is 96.9 cm³/mol. The van der Waals surface area contributed by atoms with Crippen LogP contribution in [0.15, 0.2) is 29.3 Å². The van der Waals surface area contributed by atoms with Crippen LogP contribution >= 0.6 is 11.6 Å². The van der Waals surface area contributed by atoms with Crippen LogP contribution in [-0.2, 0) is 6.42 Å². The largest absolute Gasteiger partial charge is 0.382 e. The Labute approximate surface area is 152 Å². The van der Waals surface area contributed by atoms with Crippen molar-refractivity contribution >= 4 is 40.8 Å². The highest BCUT2D eigenvalue weighted by Gasteiger charge is 2.16. The lowest BCUT2D eigenvalue weighted by molar-refractivity contribution is -0.384. The van der Waals surface area contributed by atoms with Crippen molar-refractivity contribution in [1.29, 1.82) is 0 Å². The predicted octanol–water partition coefficient (Wildman–Crippen LogP) is 0.689. The lowest BCUT2D eigenvalue weighted by atomic mass is 10.1. The Bertz CT molecular complexity index is 865. The van der Waals surface area contributed by atoms with Crippen LogP contribution in [0.25, 0.3) is 0 Å². The van der Waals surface area contributed by atoms with Gasteiger partial charge in [0.05, 0.1) is 4.92 Å². The number of rotatable bonds is 6. The smallest absolute Gasteiger partial charge is 0.302 e. The van der Waals surface area contributed by atoms with Crippen LogP contribution in [0.3, 0.4) is 0 Å². The maximum absolute atomic E-state index is 11.8. The molecule has 1 amide bonds. The first kappa shape index (κ1) is 18.9. The molecule has 26 heavy (non-hydrogen) atoms. The van der Waals surface area contributed by atoms with Gasteiger partial charge in [0.1, 0.15) is 0 Å². The summed E-state index contributed by atoms with van der Waals surface area (Å²) >= 11 is 5.99. The average molecular weight is 379 g/mol. The van der Waals surface area contributed by atoms with Crippen LogP contribution in [0.5, 0.6) is 0 Å². The van der Waals surface area contributed by atoms with Gasteiger partial charge in [-0.15, -0.1) is 0 Å². The zero-order chi connectivity index (χ0) is 19.3. The maximum Gasteiger partial charge on any atom is 0.302 e. The number of benzene rings is 1. The number of non-ortho nitro benzene ring substituents is 1. The molecule has 11 nitrogen and oxygen atoms in total. The van der Waals surface area contributed by atoms with E-state index in [0.717, 1.165) is 5.56 Å². The van der Waals surface area contributed by atoms with Gasteiger partial charge in [-0.2, -0.15) is 4.99 Å². The van der Waals surface area contributed by atoms with E-state index in [1.54, 1.807) is 12.1 Å². The number of carbonyl (C=O) groups is 1. The van der Waals surface area contributed by atoms with Gasteiger partial charge < -0.3 is 22.5 Å². The van der Waals surface area contributed by atoms with Crippen LogP contribution in [-0.4, -0.2) is 33.3 Å². The first-order chi connectivity index (χ1) is 12.3. The molecule has 0 atom stereocenters. The molecule has 0 bridgehead atoms. The van der Waals surface area contributed by atoms with Gasteiger partial charge >= 0.3 is 5.91 Å². The van der Waals surface area contributed by atoms with Crippen molar-refractivity contribution in [3.05, 3.63) is 50.8 Å². The Morgan fingerprint density at radius 3 is 2.50 bits per heavy atom. The third kappa shape index (κ3) is 4.77. The van der Waals surface area contributed by atoms with Gasteiger partial charge in [0.25, 0.3) is 5.69 Å². The fourth-order valence-corrected chi connectivity index (χ4v) is 2.17. The number of anilines is 2. The topological polar surface area (TPSA) is 188 Å². The number of nitro groups is 1. The Balaban J connectivity index is 2.03. The monoisotopic (exact) mass is 378 g/mol. The Morgan fingerprint density at radius 1 is 1.27 bits per heavy atom. The van der Waals surface area contributed by atoms with E-state index in [2.05, 4.69) is 20.3 Å². The minimum absolute atomic E-state index is 0.0180. The summed E-state index contributed by atoms with van der Waals surface area (Å²) in [5.74, 6) is -1.28. The zero-order valence-corrected chi connectivity index (χ0v) is 14.1. The van der Waals surface area contributed by atoms with Crippen molar-refractivity contribution in [2.45, 2.75) is 6.42 Å². The number of nitrogen functional groups attached to an aromatic ring is 1. The number of aliphatic imine (C=N–C) groups is 1. The molecule has 0 aliphatic heterocycles. The molecule has 0 unspecified atom stereocenters. The van der Waals surface area contributed by atoms with Crippen LogP contribution in [0.2, 0.25) is 5.15 Å². The number of amides is 1. The number of nitrogens with two attached hydrogens (primary N) is 3. The quantitative estimate of drug-likeness (QED) is 0.242. The van der Waals surface area contributed by atoms with E-state index in [0.29, 0.717) is 13.0 Å². The van der Waals surface area contributed by atoms with E-state index in [4.69, 9.17) is 28.8 Å². The van der Waals surface area contributed by atoms with E-state index >= 15 is 0 Å². The molecule has 2 rings (SSSR count). The Kier molecular flexibility index (Phi) is 5.86. The number of halogens is 1. The molecule has 1 heterocycles. The van der Waals surface area contributed by atoms with E-state index in [-0.39, 0.29) is 28.2 Å². The molecule has 0 aliphatic rings. The summed E-state index contributed by atoms with van der Waals surface area (Å²) in [5.41, 5.74) is 16.6. The van der Waals surface area contributed by atoms with Crippen LogP contribution in [0, 0.1) is 10.1 Å². The van der Waals surface area contributed by atoms with E-state index in [1.807, 2.05) is 0 Å². The number of hydrogen-bond donors (Lipinski definition) is 4. The highest BCUT2D eigenvalue weighted by Crippen LogP contribution is 2.21. The van der Waals surface area contributed by atoms with Gasteiger partial charge in [0.15, 0.2) is 28.4 Å². The Morgan fingerprint density at radius 2 is 1.92 bits per heavy atom. The number of nitrogens with zero attached hydrogens (tertiary/aromatic N) is 4. The molecule has 0 saturated carbocycles. The van der Waals surface area contributed by atoms with E-state index in [1.165, 1.54) is 12.1 Å². The molecular weight excluding hydrogens is 364 g/mol. The molecule has 0 spiro atoms. The molecule has 136 valence electrons. The van der Waals surface area contributed by atoms with Gasteiger partial charge in [-0.3, -0.25) is 14.9 Å². The second-order valence-corrected chi connectivity index (χ2v) is 5.40. The summed E-state index contributed by atoms with van der Waals surface area (Å²) in [7, 11) is 0. The molecule has 0 saturated heterocycles. The number of hydrogen-bond acceptors (Lipinski definition) is 7. The summed E-state index contributed by atoms with van der Waals surface area (Å²) in [6, 6.07) is 6.14. The van der Waals surface area contributed by atoms with Gasteiger partial charge in [-0.05, 0) is 12.0 Å². The molecule has 12 heteroatoms. The van der Waals surface area contributed by atoms with Crippen LogP contribution < -0.4 is 22.5 Å². The second kappa shape index (κ2) is 8.07. The lowest BCUT2D eigenvalue weighted by Gasteiger charge is -2.09. The first-order valence-electron chi connectivity index (χ1n) is 7.22. The molecule has 7 N–H and O–H groups in total. The maximum atomic E-state index is 11.8. The average Bonchev–Trinajstić information content (AvgIpc) is 2.57. The zero-order valence-electron chi connectivity index (χ0n) is 13.3. The number of aromatic nitrogens is 2. The molecule has 2 aromatic rings. The third-order valence-electron chi connectivity index (χ3n) is 3.17. The SMILES string of the molecule is NC(N)=NC(=O)c1nc(Cl)c(NCCc2ccc([N+](=O)[O-])cc2)nc1N. The Hall–Kier alpha value is -3.47. The molecular formula is C14H15ClN8O3. The van der Waals surface area contributed by atoms with Crippen molar-refractivity contribution in [3.8, 4) is 0 Å². The van der Waals surface area contributed by atoms with Gasteiger partial charge in [-0.1, -0.05) is 23.7 Å². The van der Waals surface area contributed by atoms with Crippen molar-refractivity contribution in [3.63, 3.8) is 0 Å². The molecule has 0 fully saturated rings. The van der Waals surface area contributed by atoms with Crippen LogP contribution in [0.1, 0.15) is 16.1 Å². The van der Waals surface area contributed by atoms with E-state index < -0.39 is 16.8 Å². The number of carbonyl (C=O) groups excluding carboxylic acids is 1. The summed E-state index contributed by atoms with van der Waals surface area (Å²) in [6.45, 7) is 0.410. The summed E-state index contributed by atoms with van der Waals surface area (Å²) < 4.78 is 0. The summed E-state index contributed by atoms with van der Waals surface area (Å²) in [5, 5.41) is 13.5. The third-order valence-corrected chi connectivity index (χ3v) is 3.43. The van der Waals surface area contributed by atoms with Gasteiger partial charge in [-0.25, -0.2) is 9.97 Å². The second-order valence-electron chi connectivity index (χ2n) is 5.04. The molecule has 0 radical (unpaired) electrons. The first-order valence-corrected chi connectivity index (χ1v) is 7.60. The highest BCUT2D eigenvalue weighted by atomic mass is 35.5. The summed E-state index contributed by atoms with van der Waals surface area (Å²) in [4.78, 5) is 33.1. The van der Waals surface area contributed by atoms with Crippen molar-refractivity contribution in [2.24, 2.45) is 16.5 Å². The minimum Gasteiger partial charge on any atom is -0.382 e. The van der Waals surface area contributed by atoms with Gasteiger partial charge in [0, 0.05) is 18.7 Å². The number of guanidine groups is 1. The highest BCUT2D eigenvalue weighted by molar-refractivity contribution is 6.32. The van der Waals surface area contributed by atoms with E-state index in [9.17, 15) is 14.9 Å². The lowest BCUT2D eigenvalue weighted by Crippen LogP contribution is -2.25. The summed E-state index contributed by atoms with van der Waals surface area (Å²) in [6.07, 6.45) is 0.546.